The molecule has 1 fully saturated rings. The molecular formula is C22H22BClO2. The number of hydrogen-bond donors (Lipinski definition) is 0. The first-order valence-electron chi connectivity index (χ1n) is 8.92. The summed E-state index contributed by atoms with van der Waals surface area (Å²) in [6.45, 7) is 8.32. The molecule has 4 heteroatoms. The summed E-state index contributed by atoms with van der Waals surface area (Å²) < 4.78 is 12.6. The molecule has 3 aromatic carbocycles. The van der Waals surface area contributed by atoms with Crippen LogP contribution < -0.4 is 5.46 Å². The van der Waals surface area contributed by atoms with Crippen LogP contribution in [0.25, 0.3) is 21.9 Å². The third-order valence-electron chi connectivity index (χ3n) is 5.60. The Hall–Kier alpha value is -1.81. The third kappa shape index (κ3) is 2.85. The Morgan fingerprint density at radius 2 is 1.42 bits per heavy atom. The molecule has 0 N–H and O–H groups in total. The molecule has 132 valence electrons. The second kappa shape index (κ2) is 6.12. The van der Waals surface area contributed by atoms with Gasteiger partial charge in [-0.25, -0.2) is 0 Å². The van der Waals surface area contributed by atoms with Crippen LogP contribution in [0.3, 0.4) is 0 Å². The van der Waals surface area contributed by atoms with Crippen molar-refractivity contribution in [3.63, 3.8) is 0 Å². The average molecular weight is 365 g/mol. The predicted molar refractivity (Wildman–Crippen MR) is 110 cm³/mol. The van der Waals surface area contributed by atoms with Gasteiger partial charge in [-0.2, -0.15) is 0 Å². The van der Waals surface area contributed by atoms with E-state index in [9.17, 15) is 0 Å². The van der Waals surface area contributed by atoms with E-state index in [1.807, 2.05) is 18.2 Å². The fraction of sp³-hybridized carbons (Fsp3) is 0.273. The van der Waals surface area contributed by atoms with Gasteiger partial charge in [0.15, 0.2) is 0 Å². The van der Waals surface area contributed by atoms with Crippen LogP contribution in [0.15, 0.2) is 60.7 Å². The van der Waals surface area contributed by atoms with Gasteiger partial charge < -0.3 is 9.31 Å². The zero-order valence-corrected chi connectivity index (χ0v) is 16.3. The zero-order valence-electron chi connectivity index (χ0n) is 15.5. The van der Waals surface area contributed by atoms with Gasteiger partial charge in [0.2, 0.25) is 0 Å². The van der Waals surface area contributed by atoms with E-state index in [-0.39, 0.29) is 11.2 Å². The highest BCUT2D eigenvalue weighted by Gasteiger charge is 2.52. The zero-order chi connectivity index (χ0) is 18.5. The van der Waals surface area contributed by atoms with Crippen molar-refractivity contribution in [2.24, 2.45) is 0 Å². The standard InChI is InChI=1S/C22H22BClO2/c1-21(2)22(3,4)26-23(25-21)20-11-6-5-9-19(20)18-10-7-8-15-14-16(24)12-13-17(15)18/h5-14H,1-4H3. The molecule has 3 aromatic rings. The largest absolute Gasteiger partial charge is 0.495 e. The molecule has 0 radical (unpaired) electrons. The Bertz CT molecular complexity index is 965. The highest BCUT2D eigenvalue weighted by molar-refractivity contribution is 6.64. The van der Waals surface area contributed by atoms with E-state index >= 15 is 0 Å². The fourth-order valence-electron chi connectivity index (χ4n) is 3.41. The van der Waals surface area contributed by atoms with Crippen LogP contribution in [0, 0.1) is 0 Å². The predicted octanol–water partition coefficient (Wildman–Crippen LogP) is 5.46. The molecule has 0 saturated carbocycles. The van der Waals surface area contributed by atoms with Crippen LogP contribution in [0.2, 0.25) is 5.02 Å². The molecule has 26 heavy (non-hydrogen) atoms. The van der Waals surface area contributed by atoms with Gasteiger partial charge in [-0.05, 0) is 67.2 Å². The third-order valence-corrected chi connectivity index (χ3v) is 5.84. The molecule has 1 heterocycles. The molecule has 2 nitrogen and oxygen atoms in total. The molecule has 0 bridgehead atoms. The van der Waals surface area contributed by atoms with Crippen LogP contribution in [-0.4, -0.2) is 18.3 Å². The van der Waals surface area contributed by atoms with E-state index < -0.39 is 7.12 Å². The number of fused-ring (bicyclic) bond motifs is 1. The maximum Gasteiger partial charge on any atom is 0.495 e. The van der Waals surface area contributed by atoms with E-state index in [0.717, 1.165) is 27.0 Å². The van der Waals surface area contributed by atoms with Crippen LogP contribution in [-0.2, 0) is 9.31 Å². The summed E-state index contributed by atoms with van der Waals surface area (Å²) in [7, 11) is -0.390. The Balaban J connectivity index is 1.86. The molecule has 0 aromatic heterocycles. The molecule has 0 aliphatic carbocycles. The van der Waals surface area contributed by atoms with Gasteiger partial charge in [0.1, 0.15) is 0 Å². The van der Waals surface area contributed by atoms with Crippen LogP contribution in [0.1, 0.15) is 27.7 Å². The second-order valence-electron chi connectivity index (χ2n) is 7.85. The minimum atomic E-state index is -0.390. The van der Waals surface area contributed by atoms with Gasteiger partial charge in [-0.1, -0.05) is 60.1 Å². The molecule has 0 spiro atoms. The van der Waals surface area contributed by atoms with Crippen molar-refractivity contribution < 1.29 is 9.31 Å². The first kappa shape index (κ1) is 17.6. The summed E-state index contributed by atoms with van der Waals surface area (Å²) in [6.07, 6.45) is 0. The highest BCUT2D eigenvalue weighted by atomic mass is 35.5. The summed E-state index contributed by atoms with van der Waals surface area (Å²) in [5.74, 6) is 0. The fourth-order valence-corrected chi connectivity index (χ4v) is 3.59. The second-order valence-corrected chi connectivity index (χ2v) is 8.28. The maximum atomic E-state index is 6.30. The smallest absolute Gasteiger partial charge is 0.399 e. The monoisotopic (exact) mass is 364 g/mol. The lowest BCUT2D eigenvalue weighted by Gasteiger charge is -2.32. The topological polar surface area (TPSA) is 18.5 Å². The molecule has 0 unspecified atom stereocenters. The molecule has 0 atom stereocenters. The molecule has 4 rings (SSSR count). The van der Waals surface area contributed by atoms with Gasteiger partial charge in [-0.3, -0.25) is 0 Å². The van der Waals surface area contributed by atoms with E-state index in [1.165, 1.54) is 5.39 Å². The number of benzene rings is 3. The van der Waals surface area contributed by atoms with Gasteiger partial charge in [0, 0.05) is 5.02 Å². The average Bonchev–Trinajstić information content (AvgIpc) is 2.81. The van der Waals surface area contributed by atoms with E-state index in [1.54, 1.807) is 0 Å². The van der Waals surface area contributed by atoms with Crippen molar-refractivity contribution in [3.05, 3.63) is 65.7 Å². The first-order valence-corrected chi connectivity index (χ1v) is 9.29. The minimum Gasteiger partial charge on any atom is -0.399 e. The minimum absolute atomic E-state index is 0.364. The molecular weight excluding hydrogens is 343 g/mol. The Morgan fingerprint density at radius 3 is 2.15 bits per heavy atom. The Morgan fingerprint density at radius 1 is 0.769 bits per heavy atom. The number of rotatable bonds is 2. The van der Waals surface area contributed by atoms with Crippen molar-refractivity contribution in [2.75, 3.05) is 0 Å². The Labute approximate surface area is 160 Å². The molecule has 1 saturated heterocycles. The van der Waals surface area contributed by atoms with Crippen LogP contribution in [0.4, 0.5) is 0 Å². The van der Waals surface area contributed by atoms with Gasteiger partial charge in [-0.15, -0.1) is 0 Å². The molecule has 1 aliphatic rings. The van der Waals surface area contributed by atoms with E-state index in [2.05, 4.69) is 70.2 Å². The van der Waals surface area contributed by atoms with Crippen molar-refractivity contribution in [1.82, 2.24) is 0 Å². The van der Waals surface area contributed by atoms with Crippen LogP contribution in [0.5, 0.6) is 0 Å². The molecule has 0 amide bonds. The number of halogens is 1. The summed E-state index contributed by atoms with van der Waals surface area (Å²) in [5, 5.41) is 3.04. The van der Waals surface area contributed by atoms with Crippen molar-refractivity contribution in [3.8, 4) is 11.1 Å². The molecule has 1 aliphatic heterocycles. The Kier molecular flexibility index (Phi) is 4.15. The number of hydrogen-bond acceptors (Lipinski definition) is 2. The van der Waals surface area contributed by atoms with Crippen molar-refractivity contribution in [2.45, 2.75) is 38.9 Å². The highest BCUT2D eigenvalue weighted by Crippen LogP contribution is 2.38. The van der Waals surface area contributed by atoms with Gasteiger partial charge >= 0.3 is 7.12 Å². The van der Waals surface area contributed by atoms with Crippen molar-refractivity contribution >= 4 is 35.0 Å². The van der Waals surface area contributed by atoms with E-state index in [4.69, 9.17) is 20.9 Å². The van der Waals surface area contributed by atoms with Crippen LogP contribution >= 0.6 is 11.6 Å². The normalized spacial score (nSPS) is 18.4. The first-order chi connectivity index (χ1) is 12.3. The lowest BCUT2D eigenvalue weighted by molar-refractivity contribution is 0.00578. The van der Waals surface area contributed by atoms with Crippen molar-refractivity contribution in [1.29, 1.82) is 0 Å². The quantitative estimate of drug-likeness (QED) is 0.562. The maximum absolute atomic E-state index is 6.30. The van der Waals surface area contributed by atoms with E-state index in [0.29, 0.717) is 0 Å². The summed E-state index contributed by atoms with van der Waals surface area (Å²) in [6, 6.07) is 20.6. The summed E-state index contributed by atoms with van der Waals surface area (Å²) in [5.41, 5.74) is 2.60. The summed E-state index contributed by atoms with van der Waals surface area (Å²) >= 11 is 6.17. The van der Waals surface area contributed by atoms with Gasteiger partial charge in [0.25, 0.3) is 0 Å². The lowest BCUT2D eigenvalue weighted by atomic mass is 9.74. The van der Waals surface area contributed by atoms with Gasteiger partial charge in [0.05, 0.1) is 11.2 Å². The SMILES string of the molecule is CC1(C)OB(c2ccccc2-c2cccc3cc(Cl)ccc23)OC1(C)C. The lowest BCUT2D eigenvalue weighted by Crippen LogP contribution is -2.41. The summed E-state index contributed by atoms with van der Waals surface area (Å²) in [4.78, 5) is 0.